The molecule has 0 aromatic heterocycles. The van der Waals surface area contributed by atoms with E-state index in [0.717, 1.165) is 5.69 Å². The average molecular weight is 226 g/mol. The van der Waals surface area contributed by atoms with Crippen molar-refractivity contribution >= 4 is 17.3 Å². The standard InChI is InChI=1S/C13H10N2O2/c16-13(17)10-6-8-12(9-7-10)15-14-11-4-2-1-3-5-11/h1-9H,(H,16,17)/b15-14+. The van der Waals surface area contributed by atoms with Gasteiger partial charge in [0, 0.05) is 0 Å². The number of benzene rings is 2. The Hall–Kier alpha value is -2.49. The van der Waals surface area contributed by atoms with Gasteiger partial charge in [-0.1, -0.05) is 18.2 Å². The van der Waals surface area contributed by atoms with Crippen LogP contribution in [-0.2, 0) is 0 Å². The Kier molecular flexibility index (Phi) is 3.25. The first-order valence-electron chi connectivity index (χ1n) is 5.06. The monoisotopic (exact) mass is 226 g/mol. The first kappa shape index (κ1) is 11.0. The third-order valence-electron chi connectivity index (χ3n) is 2.15. The number of carboxylic acid groups (broad SMARTS) is 1. The second kappa shape index (κ2) is 5.03. The zero-order chi connectivity index (χ0) is 12.1. The van der Waals surface area contributed by atoms with Gasteiger partial charge in [0.05, 0.1) is 16.9 Å². The van der Waals surface area contributed by atoms with Crippen molar-refractivity contribution in [3.05, 3.63) is 60.2 Å². The molecule has 0 heterocycles. The molecule has 2 rings (SSSR count). The van der Waals surface area contributed by atoms with Gasteiger partial charge < -0.3 is 5.11 Å². The number of azo groups is 1. The molecule has 0 atom stereocenters. The van der Waals surface area contributed by atoms with Gasteiger partial charge in [-0.25, -0.2) is 4.79 Å². The Labute approximate surface area is 98.3 Å². The van der Waals surface area contributed by atoms with Crippen LogP contribution in [0.15, 0.2) is 64.8 Å². The van der Waals surface area contributed by atoms with Gasteiger partial charge in [0.15, 0.2) is 0 Å². The summed E-state index contributed by atoms with van der Waals surface area (Å²) in [4.78, 5) is 10.6. The maximum atomic E-state index is 10.6. The highest BCUT2D eigenvalue weighted by atomic mass is 16.4. The third-order valence-corrected chi connectivity index (χ3v) is 2.15. The SMILES string of the molecule is O=C(O)c1ccc(/N=N/c2ccccc2)cc1. The lowest BCUT2D eigenvalue weighted by molar-refractivity contribution is 0.0697. The molecule has 0 saturated heterocycles. The van der Waals surface area contributed by atoms with Gasteiger partial charge in [-0.2, -0.15) is 10.2 Å². The Balaban J connectivity index is 2.14. The number of hydrogen-bond acceptors (Lipinski definition) is 3. The van der Waals surface area contributed by atoms with Gasteiger partial charge in [-0.3, -0.25) is 0 Å². The van der Waals surface area contributed by atoms with Crippen molar-refractivity contribution < 1.29 is 9.90 Å². The molecule has 0 unspecified atom stereocenters. The predicted molar refractivity (Wildman–Crippen MR) is 64.0 cm³/mol. The van der Waals surface area contributed by atoms with E-state index in [4.69, 9.17) is 5.11 Å². The maximum absolute atomic E-state index is 10.6. The van der Waals surface area contributed by atoms with E-state index < -0.39 is 5.97 Å². The van der Waals surface area contributed by atoms with E-state index in [2.05, 4.69) is 10.2 Å². The highest BCUT2D eigenvalue weighted by Crippen LogP contribution is 2.18. The van der Waals surface area contributed by atoms with Crippen molar-refractivity contribution in [1.29, 1.82) is 0 Å². The molecule has 4 heteroatoms. The summed E-state index contributed by atoms with van der Waals surface area (Å²) in [6.07, 6.45) is 0. The van der Waals surface area contributed by atoms with Gasteiger partial charge in [0.25, 0.3) is 0 Å². The lowest BCUT2D eigenvalue weighted by atomic mass is 10.2. The molecular weight excluding hydrogens is 216 g/mol. The van der Waals surface area contributed by atoms with Crippen molar-refractivity contribution in [2.24, 2.45) is 10.2 Å². The van der Waals surface area contributed by atoms with Crippen molar-refractivity contribution in [2.75, 3.05) is 0 Å². The molecule has 2 aromatic rings. The van der Waals surface area contributed by atoms with Gasteiger partial charge in [-0.05, 0) is 36.4 Å². The van der Waals surface area contributed by atoms with Crippen LogP contribution in [0.4, 0.5) is 11.4 Å². The zero-order valence-corrected chi connectivity index (χ0v) is 8.95. The van der Waals surface area contributed by atoms with Crippen molar-refractivity contribution in [3.8, 4) is 0 Å². The summed E-state index contributed by atoms with van der Waals surface area (Å²) in [5, 5.41) is 16.8. The molecule has 0 saturated carbocycles. The van der Waals surface area contributed by atoms with E-state index in [1.54, 1.807) is 12.1 Å². The molecule has 4 nitrogen and oxygen atoms in total. The highest BCUT2D eigenvalue weighted by molar-refractivity contribution is 5.87. The summed E-state index contributed by atoms with van der Waals surface area (Å²) >= 11 is 0. The Morgan fingerprint density at radius 2 is 1.35 bits per heavy atom. The second-order valence-corrected chi connectivity index (χ2v) is 3.39. The van der Waals surface area contributed by atoms with Crippen LogP contribution in [0.1, 0.15) is 10.4 Å². The lowest BCUT2D eigenvalue weighted by Gasteiger charge is -1.95. The van der Waals surface area contributed by atoms with Gasteiger partial charge in [0.1, 0.15) is 0 Å². The van der Waals surface area contributed by atoms with Crippen LogP contribution in [0.25, 0.3) is 0 Å². The van der Waals surface area contributed by atoms with Crippen LogP contribution in [0.2, 0.25) is 0 Å². The minimum atomic E-state index is -0.948. The fraction of sp³-hybridized carbons (Fsp3) is 0. The smallest absolute Gasteiger partial charge is 0.335 e. The molecule has 0 aliphatic rings. The minimum absolute atomic E-state index is 0.240. The van der Waals surface area contributed by atoms with Crippen LogP contribution in [-0.4, -0.2) is 11.1 Å². The van der Waals surface area contributed by atoms with E-state index in [-0.39, 0.29) is 5.56 Å². The van der Waals surface area contributed by atoms with Crippen molar-refractivity contribution in [1.82, 2.24) is 0 Å². The third kappa shape index (κ3) is 2.98. The molecule has 0 aliphatic carbocycles. The van der Waals surface area contributed by atoms with E-state index >= 15 is 0 Å². The molecule has 0 spiro atoms. The summed E-state index contributed by atoms with van der Waals surface area (Å²) in [5.74, 6) is -0.948. The van der Waals surface area contributed by atoms with E-state index in [1.165, 1.54) is 12.1 Å². The van der Waals surface area contributed by atoms with Gasteiger partial charge in [-0.15, -0.1) is 0 Å². The molecule has 0 amide bonds. The number of aromatic carboxylic acids is 1. The molecule has 0 fully saturated rings. The van der Waals surface area contributed by atoms with Crippen LogP contribution in [0.5, 0.6) is 0 Å². The number of nitrogens with zero attached hydrogens (tertiary/aromatic N) is 2. The Bertz CT molecular complexity index is 533. The van der Waals surface area contributed by atoms with Crippen LogP contribution >= 0.6 is 0 Å². The summed E-state index contributed by atoms with van der Waals surface area (Å²) in [7, 11) is 0. The second-order valence-electron chi connectivity index (χ2n) is 3.39. The molecule has 84 valence electrons. The van der Waals surface area contributed by atoms with E-state index in [9.17, 15) is 4.79 Å². The van der Waals surface area contributed by atoms with Crippen LogP contribution < -0.4 is 0 Å². The van der Waals surface area contributed by atoms with Gasteiger partial charge >= 0.3 is 5.97 Å². The van der Waals surface area contributed by atoms with Crippen molar-refractivity contribution in [2.45, 2.75) is 0 Å². The van der Waals surface area contributed by atoms with E-state index in [1.807, 2.05) is 30.3 Å². The number of rotatable bonds is 3. The fourth-order valence-electron chi connectivity index (χ4n) is 1.28. The average Bonchev–Trinajstić information content (AvgIpc) is 2.38. The summed E-state index contributed by atoms with van der Waals surface area (Å²) in [5.41, 5.74) is 1.62. The molecular formula is C13H10N2O2. The summed E-state index contributed by atoms with van der Waals surface area (Å²) < 4.78 is 0. The Morgan fingerprint density at radius 3 is 1.88 bits per heavy atom. The number of carboxylic acids is 1. The number of carbonyl (C=O) groups is 1. The van der Waals surface area contributed by atoms with Crippen LogP contribution in [0.3, 0.4) is 0 Å². The van der Waals surface area contributed by atoms with Crippen LogP contribution in [0, 0.1) is 0 Å². The molecule has 1 N–H and O–H groups in total. The lowest BCUT2D eigenvalue weighted by Crippen LogP contribution is -1.93. The first-order valence-corrected chi connectivity index (χ1v) is 5.06. The molecule has 17 heavy (non-hydrogen) atoms. The molecule has 2 aromatic carbocycles. The zero-order valence-electron chi connectivity index (χ0n) is 8.95. The summed E-state index contributed by atoms with van der Waals surface area (Å²) in [6, 6.07) is 15.6. The first-order chi connectivity index (χ1) is 8.25. The van der Waals surface area contributed by atoms with E-state index in [0.29, 0.717) is 5.69 Å². The summed E-state index contributed by atoms with van der Waals surface area (Å²) in [6.45, 7) is 0. The predicted octanol–water partition coefficient (Wildman–Crippen LogP) is 3.80. The van der Waals surface area contributed by atoms with Gasteiger partial charge in [0.2, 0.25) is 0 Å². The minimum Gasteiger partial charge on any atom is -0.478 e. The number of hydrogen-bond donors (Lipinski definition) is 1. The largest absolute Gasteiger partial charge is 0.478 e. The molecule has 0 bridgehead atoms. The quantitative estimate of drug-likeness (QED) is 0.809. The van der Waals surface area contributed by atoms with Crippen molar-refractivity contribution in [3.63, 3.8) is 0 Å². The molecule has 0 aliphatic heterocycles. The fourth-order valence-corrected chi connectivity index (χ4v) is 1.28. The maximum Gasteiger partial charge on any atom is 0.335 e. The molecule has 0 radical (unpaired) electrons. The highest BCUT2D eigenvalue weighted by Gasteiger charge is 2.00. The topological polar surface area (TPSA) is 62.0 Å². The Morgan fingerprint density at radius 1 is 0.824 bits per heavy atom. The normalized spacial score (nSPS) is 10.6.